The molecule has 2 aromatic heterocycles. The minimum absolute atomic E-state index is 0.0959. The predicted octanol–water partition coefficient (Wildman–Crippen LogP) is 4.45. The molecule has 11 heteroatoms. The van der Waals surface area contributed by atoms with Crippen molar-refractivity contribution in [3.63, 3.8) is 0 Å². The molecule has 2 aromatic carbocycles. The summed E-state index contributed by atoms with van der Waals surface area (Å²) >= 11 is 9.13. The van der Waals surface area contributed by atoms with Crippen LogP contribution in [-0.2, 0) is 17.6 Å². The molecule has 0 saturated heterocycles. The molecule has 0 bridgehead atoms. The maximum Gasteiger partial charge on any atom is 0.242 e. The van der Waals surface area contributed by atoms with Crippen LogP contribution >= 0.6 is 35.1 Å². The molecule has 0 atom stereocenters. The number of nitrogens with one attached hydrogen (secondary N) is 1. The second kappa shape index (κ2) is 8.12. The Morgan fingerprint density at radius 2 is 2.00 bits per heavy atom. The van der Waals surface area contributed by atoms with Gasteiger partial charge < -0.3 is 5.84 Å². The molecule has 0 spiro atoms. The van der Waals surface area contributed by atoms with Gasteiger partial charge in [-0.1, -0.05) is 47.3 Å². The highest BCUT2D eigenvalue weighted by molar-refractivity contribution is 8.00. The summed E-state index contributed by atoms with van der Waals surface area (Å²) in [6, 6.07) is 13.4. The van der Waals surface area contributed by atoms with Crippen molar-refractivity contribution in [1.82, 2.24) is 25.1 Å². The van der Waals surface area contributed by atoms with Crippen LogP contribution in [0.2, 0.25) is 5.02 Å². The maximum absolute atomic E-state index is 13.4. The molecule has 6 rings (SSSR count). The standard InChI is InChI=1S/C22H18ClN7OS2/c23-12-8-9-18-16(10-12)29(15-6-1-2-7-17(15)33-18)19(31)11-32-22-28-27-21(30(22)24)20-13-4-3-5-14(13)25-26-20/h1-2,6-10H,3-5,11,24H2,(H,25,26). The van der Waals surface area contributed by atoms with Crippen molar-refractivity contribution in [3.8, 4) is 11.5 Å². The first kappa shape index (κ1) is 20.6. The molecular formula is C22H18ClN7OS2. The zero-order valence-corrected chi connectivity index (χ0v) is 19.7. The molecule has 1 aliphatic heterocycles. The number of aromatic amines is 1. The SMILES string of the molecule is Nn1c(SCC(=O)N2c3ccccc3Sc3ccc(Cl)cc32)nnc1-c1n[nH]c2c1CCC2. The summed E-state index contributed by atoms with van der Waals surface area (Å²) in [5.74, 6) is 6.84. The second-order valence-corrected chi connectivity index (χ2v) is 10.2. The molecule has 2 aliphatic rings. The number of aryl methyl sites for hydroxylation is 1. The Hall–Kier alpha value is -2.95. The molecule has 0 unspecified atom stereocenters. The van der Waals surface area contributed by atoms with Gasteiger partial charge in [0.2, 0.25) is 16.9 Å². The van der Waals surface area contributed by atoms with Gasteiger partial charge in [0.25, 0.3) is 0 Å². The van der Waals surface area contributed by atoms with Crippen molar-refractivity contribution in [1.29, 1.82) is 0 Å². The Morgan fingerprint density at radius 1 is 1.15 bits per heavy atom. The predicted molar refractivity (Wildman–Crippen MR) is 130 cm³/mol. The van der Waals surface area contributed by atoms with Gasteiger partial charge in [-0.25, -0.2) is 4.68 Å². The summed E-state index contributed by atoms with van der Waals surface area (Å²) in [5.41, 5.74) is 4.64. The van der Waals surface area contributed by atoms with Crippen LogP contribution in [0, 0.1) is 0 Å². The van der Waals surface area contributed by atoms with Crippen LogP contribution in [0.15, 0.2) is 57.4 Å². The first-order chi connectivity index (χ1) is 16.1. The van der Waals surface area contributed by atoms with E-state index in [0.29, 0.717) is 16.0 Å². The number of hydrogen-bond acceptors (Lipinski definition) is 7. The lowest BCUT2D eigenvalue weighted by Crippen LogP contribution is -2.30. The van der Waals surface area contributed by atoms with E-state index in [9.17, 15) is 4.79 Å². The van der Waals surface area contributed by atoms with E-state index in [0.717, 1.165) is 57.4 Å². The van der Waals surface area contributed by atoms with Crippen LogP contribution in [0.1, 0.15) is 17.7 Å². The quantitative estimate of drug-likeness (QED) is 0.318. The summed E-state index contributed by atoms with van der Waals surface area (Å²) < 4.78 is 1.41. The maximum atomic E-state index is 13.4. The van der Waals surface area contributed by atoms with Gasteiger partial charge in [0.1, 0.15) is 5.69 Å². The number of fused-ring (bicyclic) bond motifs is 3. The monoisotopic (exact) mass is 495 g/mol. The van der Waals surface area contributed by atoms with Crippen molar-refractivity contribution in [2.24, 2.45) is 0 Å². The van der Waals surface area contributed by atoms with Crippen molar-refractivity contribution in [2.45, 2.75) is 34.2 Å². The molecule has 0 saturated carbocycles. The number of thioether (sulfide) groups is 1. The van der Waals surface area contributed by atoms with Gasteiger partial charge in [0, 0.05) is 26.1 Å². The number of anilines is 2. The van der Waals surface area contributed by atoms with Crippen LogP contribution in [0.5, 0.6) is 0 Å². The summed E-state index contributed by atoms with van der Waals surface area (Å²) in [7, 11) is 0. The largest absolute Gasteiger partial charge is 0.335 e. The number of benzene rings is 2. The minimum atomic E-state index is -0.0959. The average molecular weight is 496 g/mol. The molecule has 4 aromatic rings. The number of amides is 1. The van der Waals surface area contributed by atoms with Crippen molar-refractivity contribution >= 4 is 52.4 Å². The number of hydrogen-bond donors (Lipinski definition) is 2. The number of carbonyl (C=O) groups excluding carboxylic acids is 1. The fourth-order valence-electron chi connectivity index (χ4n) is 4.23. The molecule has 8 nitrogen and oxygen atoms in total. The van der Waals surface area contributed by atoms with Gasteiger partial charge >= 0.3 is 0 Å². The van der Waals surface area contributed by atoms with Crippen molar-refractivity contribution < 1.29 is 4.79 Å². The Balaban J connectivity index is 1.27. The van der Waals surface area contributed by atoms with E-state index in [2.05, 4.69) is 20.4 Å². The van der Waals surface area contributed by atoms with Crippen LogP contribution in [0.4, 0.5) is 11.4 Å². The number of para-hydroxylation sites is 1. The first-order valence-corrected chi connectivity index (χ1v) is 12.6. The normalized spacial score (nSPS) is 14.2. The van der Waals surface area contributed by atoms with E-state index in [1.54, 1.807) is 16.7 Å². The third-order valence-corrected chi connectivity index (χ3v) is 8.04. The fraction of sp³-hybridized carbons (Fsp3) is 0.182. The van der Waals surface area contributed by atoms with E-state index in [1.165, 1.54) is 16.4 Å². The lowest BCUT2D eigenvalue weighted by molar-refractivity contribution is -0.115. The molecule has 1 aliphatic carbocycles. The van der Waals surface area contributed by atoms with Gasteiger partial charge in [0.05, 0.1) is 17.1 Å². The van der Waals surface area contributed by atoms with E-state index in [-0.39, 0.29) is 11.7 Å². The highest BCUT2D eigenvalue weighted by atomic mass is 35.5. The van der Waals surface area contributed by atoms with Gasteiger partial charge in [0.15, 0.2) is 0 Å². The minimum Gasteiger partial charge on any atom is -0.335 e. The number of aromatic nitrogens is 5. The van der Waals surface area contributed by atoms with Crippen LogP contribution < -0.4 is 10.7 Å². The summed E-state index contributed by atoms with van der Waals surface area (Å²) in [6.45, 7) is 0. The van der Waals surface area contributed by atoms with Gasteiger partial charge in [-0.15, -0.1) is 10.2 Å². The Kier molecular flexibility index (Phi) is 5.08. The molecule has 0 radical (unpaired) electrons. The second-order valence-electron chi connectivity index (χ2n) is 7.76. The average Bonchev–Trinajstić information content (AvgIpc) is 3.52. The molecule has 1 amide bonds. The Bertz CT molecular complexity index is 1400. The number of H-pyrrole nitrogens is 1. The van der Waals surface area contributed by atoms with E-state index in [4.69, 9.17) is 17.4 Å². The van der Waals surface area contributed by atoms with Crippen molar-refractivity contribution in [3.05, 3.63) is 58.7 Å². The number of halogens is 1. The van der Waals surface area contributed by atoms with E-state index in [1.807, 2.05) is 42.5 Å². The Morgan fingerprint density at radius 3 is 2.91 bits per heavy atom. The zero-order valence-electron chi connectivity index (χ0n) is 17.3. The highest BCUT2D eigenvalue weighted by Gasteiger charge is 2.29. The zero-order chi connectivity index (χ0) is 22.5. The van der Waals surface area contributed by atoms with Gasteiger partial charge in [-0.2, -0.15) is 5.10 Å². The number of rotatable bonds is 4. The molecule has 33 heavy (non-hydrogen) atoms. The molecule has 3 heterocycles. The lowest BCUT2D eigenvalue weighted by Gasteiger charge is -2.31. The summed E-state index contributed by atoms with van der Waals surface area (Å²) in [6.07, 6.45) is 3.02. The smallest absolute Gasteiger partial charge is 0.242 e. The number of nitrogens with zero attached hydrogens (tertiary/aromatic N) is 5. The highest BCUT2D eigenvalue weighted by Crippen LogP contribution is 2.49. The van der Waals surface area contributed by atoms with E-state index < -0.39 is 0 Å². The van der Waals surface area contributed by atoms with E-state index >= 15 is 0 Å². The molecule has 166 valence electrons. The first-order valence-electron chi connectivity index (χ1n) is 10.4. The molecular weight excluding hydrogens is 478 g/mol. The van der Waals surface area contributed by atoms with Gasteiger partial charge in [-0.05, 0) is 49.6 Å². The fourth-order valence-corrected chi connectivity index (χ4v) is 6.14. The summed E-state index contributed by atoms with van der Waals surface area (Å²) in [5, 5.41) is 17.0. The number of nitrogens with two attached hydrogens (primary N) is 1. The summed E-state index contributed by atoms with van der Waals surface area (Å²) in [4.78, 5) is 17.2. The van der Waals surface area contributed by atoms with Crippen LogP contribution in [-0.4, -0.2) is 36.7 Å². The third kappa shape index (κ3) is 3.49. The van der Waals surface area contributed by atoms with Gasteiger partial charge in [-0.3, -0.25) is 14.8 Å². The molecule has 3 N–H and O–H groups in total. The van der Waals surface area contributed by atoms with Crippen LogP contribution in [0.25, 0.3) is 11.5 Å². The number of carbonyl (C=O) groups is 1. The van der Waals surface area contributed by atoms with Crippen molar-refractivity contribution in [2.75, 3.05) is 16.5 Å². The number of nitrogen functional groups attached to an aromatic ring is 1. The Labute approximate surface area is 202 Å². The van der Waals surface area contributed by atoms with Crippen LogP contribution in [0.3, 0.4) is 0 Å². The molecule has 0 fully saturated rings. The topological polar surface area (TPSA) is 106 Å². The lowest BCUT2D eigenvalue weighted by atomic mass is 10.2. The third-order valence-electron chi connectivity index (χ3n) is 5.74.